The van der Waals surface area contributed by atoms with Crippen molar-refractivity contribution in [2.75, 3.05) is 0 Å². The standard InChI is InChI=1S/C9H6Cl2N4S/c10-7-3-1-2-6(8(7)11)4-13-15-5-12-14-9(15)16/h1-5H,(H,14,16)/b13-4-. The molecule has 1 N–H and O–H groups in total. The third-order valence-corrected chi connectivity index (χ3v) is 2.95. The molecule has 7 heteroatoms. The SMILES string of the molecule is S=c1[nH]ncn1/N=C\c1cccc(Cl)c1Cl. The number of aromatic nitrogens is 3. The molecule has 1 aromatic heterocycles. The maximum Gasteiger partial charge on any atom is 0.216 e. The molecule has 82 valence electrons. The van der Waals surface area contributed by atoms with Crippen molar-refractivity contribution in [3.8, 4) is 0 Å². The van der Waals surface area contributed by atoms with E-state index in [1.165, 1.54) is 11.0 Å². The Morgan fingerprint density at radius 3 is 2.94 bits per heavy atom. The average Bonchev–Trinajstić information content (AvgIpc) is 2.67. The van der Waals surface area contributed by atoms with Gasteiger partial charge in [-0.05, 0) is 18.3 Å². The fraction of sp³-hybridized carbons (Fsp3) is 0. The average molecular weight is 273 g/mol. The summed E-state index contributed by atoms with van der Waals surface area (Å²) in [5.74, 6) is 0. The Balaban J connectivity index is 2.35. The summed E-state index contributed by atoms with van der Waals surface area (Å²) in [7, 11) is 0. The van der Waals surface area contributed by atoms with Crippen molar-refractivity contribution < 1.29 is 0 Å². The Bertz CT molecular complexity index is 587. The Morgan fingerprint density at radius 1 is 1.44 bits per heavy atom. The van der Waals surface area contributed by atoms with Crippen molar-refractivity contribution in [2.45, 2.75) is 0 Å². The van der Waals surface area contributed by atoms with Crippen molar-refractivity contribution in [3.05, 3.63) is 44.9 Å². The number of nitrogens with zero attached hydrogens (tertiary/aromatic N) is 3. The highest BCUT2D eigenvalue weighted by atomic mass is 35.5. The summed E-state index contributed by atoms with van der Waals surface area (Å²) in [6, 6.07) is 5.32. The Kier molecular flexibility index (Phi) is 3.38. The van der Waals surface area contributed by atoms with Crippen LogP contribution in [0.1, 0.15) is 5.56 Å². The van der Waals surface area contributed by atoms with E-state index in [1.807, 2.05) is 0 Å². The first-order valence-corrected chi connectivity index (χ1v) is 5.45. The molecule has 0 radical (unpaired) electrons. The predicted molar refractivity (Wildman–Crippen MR) is 66.9 cm³/mol. The van der Waals surface area contributed by atoms with Crippen LogP contribution in [0.25, 0.3) is 0 Å². The van der Waals surface area contributed by atoms with Crippen molar-refractivity contribution in [3.63, 3.8) is 0 Å². The molecular formula is C9H6Cl2N4S. The Hall–Kier alpha value is -1.17. The largest absolute Gasteiger partial charge is 0.250 e. The van der Waals surface area contributed by atoms with E-state index in [0.29, 0.717) is 14.8 Å². The molecule has 4 nitrogen and oxygen atoms in total. The second-order valence-electron chi connectivity index (χ2n) is 2.89. The molecule has 0 fully saturated rings. The van der Waals surface area contributed by atoms with Gasteiger partial charge in [0.25, 0.3) is 0 Å². The fourth-order valence-electron chi connectivity index (χ4n) is 1.07. The Labute approximate surface area is 107 Å². The summed E-state index contributed by atoms with van der Waals surface area (Å²) < 4.78 is 1.83. The minimum absolute atomic E-state index is 0.411. The molecule has 16 heavy (non-hydrogen) atoms. The lowest BCUT2D eigenvalue weighted by molar-refractivity contribution is 0.863. The molecule has 0 amide bonds. The van der Waals surface area contributed by atoms with Gasteiger partial charge in [-0.2, -0.15) is 14.9 Å². The highest BCUT2D eigenvalue weighted by Gasteiger charge is 2.01. The molecule has 1 aromatic carbocycles. The summed E-state index contributed by atoms with van der Waals surface area (Å²) in [6.07, 6.45) is 3.04. The summed E-state index contributed by atoms with van der Waals surface area (Å²) in [6.45, 7) is 0. The van der Waals surface area contributed by atoms with Crippen LogP contribution in [0.5, 0.6) is 0 Å². The number of halogens is 2. The van der Waals surface area contributed by atoms with Gasteiger partial charge in [-0.1, -0.05) is 35.3 Å². The van der Waals surface area contributed by atoms with Crippen LogP contribution in [0.15, 0.2) is 29.6 Å². The second-order valence-corrected chi connectivity index (χ2v) is 4.07. The quantitative estimate of drug-likeness (QED) is 0.675. The van der Waals surface area contributed by atoms with E-state index in [-0.39, 0.29) is 0 Å². The first-order chi connectivity index (χ1) is 7.68. The van der Waals surface area contributed by atoms with Crippen LogP contribution >= 0.6 is 35.4 Å². The van der Waals surface area contributed by atoms with E-state index in [4.69, 9.17) is 35.4 Å². The number of nitrogens with one attached hydrogen (secondary N) is 1. The number of benzene rings is 1. The van der Waals surface area contributed by atoms with E-state index in [2.05, 4.69) is 15.3 Å². The van der Waals surface area contributed by atoms with Gasteiger partial charge >= 0.3 is 0 Å². The highest BCUT2D eigenvalue weighted by Crippen LogP contribution is 2.24. The number of rotatable bonds is 2. The first-order valence-electron chi connectivity index (χ1n) is 4.29. The van der Waals surface area contributed by atoms with Gasteiger partial charge in [0.15, 0.2) is 0 Å². The second kappa shape index (κ2) is 4.78. The number of hydrogen-bond donors (Lipinski definition) is 1. The molecule has 0 unspecified atom stereocenters. The van der Waals surface area contributed by atoms with Crippen LogP contribution in [0.4, 0.5) is 0 Å². The van der Waals surface area contributed by atoms with E-state index in [0.717, 1.165) is 5.56 Å². The number of H-pyrrole nitrogens is 1. The van der Waals surface area contributed by atoms with E-state index in [9.17, 15) is 0 Å². The maximum absolute atomic E-state index is 5.99. The molecule has 0 aliphatic heterocycles. The summed E-state index contributed by atoms with van der Waals surface area (Å²) in [5, 5.41) is 11.4. The lowest BCUT2D eigenvalue weighted by atomic mass is 10.2. The van der Waals surface area contributed by atoms with Crippen LogP contribution in [0.2, 0.25) is 10.0 Å². The topological polar surface area (TPSA) is 46.0 Å². The monoisotopic (exact) mass is 272 g/mol. The van der Waals surface area contributed by atoms with Gasteiger partial charge in [-0.3, -0.25) is 5.10 Å². The van der Waals surface area contributed by atoms with Crippen LogP contribution in [-0.4, -0.2) is 21.1 Å². The molecule has 0 spiro atoms. The molecule has 0 saturated heterocycles. The van der Waals surface area contributed by atoms with Crippen molar-refractivity contribution in [2.24, 2.45) is 5.10 Å². The molecule has 0 aliphatic rings. The smallest absolute Gasteiger partial charge is 0.216 e. The lowest BCUT2D eigenvalue weighted by Gasteiger charge is -1.98. The van der Waals surface area contributed by atoms with Crippen LogP contribution in [0, 0.1) is 4.77 Å². The zero-order valence-electron chi connectivity index (χ0n) is 7.89. The third-order valence-electron chi connectivity index (χ3n) is 1.84. The normalized spacial score (nSPS) is 11.1. The summed E-state index contributed by atoms with van der Waals surface area (Å²) in [5.41, 5.74) is 0.720. The minimum atomic E-state index is 0.411. The van der Waals surface area contributed by atoms with Gasteiger partial charge in [-0.15, -0.1) is 0 Å². The first kappa shape index (κ1) is 11.3. The van der Waals surface area contributed by atoms with Gasteiger partial charge in [0.1, 0.15) is 6.33 Å². The van der Waals surface area contributed by atoms with Gasteiger partial charge in [-0.25, -0.2) is 0 Å². The van der Waals surface area contributed by atoms with E-state index in [1.54, 1.807) is 24.4 Å². The third kappa shape index (κ3) is 2.32. The molecule has 0 atom stereocenters. The molecule has 0 bridgehead atoms. The lowest BCUT2D eigenvalue weighted by Crippen LogP contribution is -1.90. The van der Waals surface area contributed by atoms with Crippen molar-refractivity contribution in [1.82, 2.24) is 14.9 Å². The van der Waals surface area contributed by atoms with E-state index < -0.39 is 0 Å². The van der Waals surface area contributed by atoms with Crippen LogP contribution < -0.4 is 0 Å². The predicted octanol–water partition coefficient (Wildman–Crippen LogP) is 3.13. The van der Waals surface area contributed by atoms with Gasteiger partial charge in [0.05, 0.1) is 16.3 Å². The van der Waals surface area contributed by atoms with E-state index >= 15 is 0 Å². The summed E-state index contributed by atoms with van der Waals surface area (Å²) in [4.78, 5) is 0. The molecule has 2 rings (SSSR count). The molecular weight excluding hydrogens is 267 g/mol. The zero-order chi connectivity index (χ0) is 11.5. The molecule has 0 saturated carbocycles. The molecule has 2 aromatic rings. The molecule has 0 aliphatic carbocycles. The number of aromatic amines is 1. The summed E-state index contributed by atoms with van der Waals surface area (Å²) >= 11 is 16.8. The zero-order valence-corrected chi connectivity index (χ0v) is 10.2. The maximum atomic E-state index is 5.99. The van der Waals surface area contributed by atoms with Crippen molar-refractivity contribution in [1.29, 1.82) is 0 Å². The van der Waals surface area contributed by atoms with Gasteiger partial charge in [0.2, 0.25) is 4.77 Å². The van der Waals surface area contributed by atoms with Gasteiger partial charge in [0, 0.05) is 5.56 Å². The Morgan fingerprint density at radius 2 is 2.25 bits per heavy atom. The highest BCUT2D eigenvalue weighted by molar-refractivity contribution is 7.71. The molecule has 1 heterocycles. The van der Waals surface area contributed by atoms with Gasteiger partial charge < -0.3 is 0 Å². The number of hydrogen-bond acceptors (Lipinski definition) is 3. The van der Waals surface area contributed by atoms with Crippen LogP contribution in [0.3, 0.4) is 0 Å². The fourth-order valence-corrected chi connectivity index (χ4v) is 1.57. The van der Waals surface area contributed by atoms with Crippen molar-refractivity contribution >= 4 is 41.6 Å². The minimum Gasteiger partial charge on any atom is -0.250 e. The van der Waals surface area contributed by atoms with Crippen LogP contribution in [-0.2, 0) is 0 Å².